The standard InChI is InChI=1S/C16H20N2O2/c19-15(17-11-12-6-2-1-3-7-12)13-10-14(13)16(20)18-8-4-5-9-18/h1-3,6-7,13-14H,4-5,8-11H2,(H,17,19). The molecule has 20 heavy (non-hydrogen) atoms. The summed E-state index contributed by atoms with van der Waals surface area (Å²) in [5, 5.41) is 2.93. The zero-order valence-corrected chi connectivity index (χ0v) is 11.5. The number of hydrogen-bond donors (Lipinski definition) is 1. The molecule has 4 nitrogen and oxygen atoms in total. The molecule has 3 rings (SSSR count). The number of carbonyl (C=O) groups excluding carboxylic acids is 2. The largest absolute Gasteiger partial charge is 0.352 e. The van der Waals surface area contributed by atoms with E-state index >= 15 is 0 Å². The van der Waals surface area contributed by atoms with Gasteiger partial charge in [0.15, 0.2) is 0 Å². The minimum atomic E-state index is -0.105. The van der Waals surface area contributed by atoms with Crippen molar-refractivity contribution >= 4 is 11.8 Å². The number of carbonyl (C=O) groups is 2. The fourth-order valence-corrected chi connectivity index (χ4v) is 2.85. The third kappa shape index (κ3) is 2.84. The second kappa shape index (κ2) is 5.65. The maximum absolute atomic E-state index is 12.1. The molecule has 1 N–H and O–H groups in total. The Balaban J connectivity index is 1.46. The Morgan fingerprint density at radius 2 is 1.80 bits per heavy atom. The number of benzene rings is 1. The maximum atomic E-state index is 12.1. The summed E-state index contributed by atoms with van der Waals surface area (Å²) in [5.74, 6) is 0.0319. The van der Waals surface area contributed by atoms with Gasteiger partial charge in [-0.2, -0.15) is 0 Å². The molecule has 0 bridgehead atoms. The van der Waals surface area contributed by atoms with Gasteiger partial charge in [0.1, 0.15) is 0 Å². The molecule has 1 heterocycles. The summed E-state index contributed by atoms with van der Waals surface area (Å²) >= 11 is 0. The zero-order chi connectivity index (χ0) is 13.9. The highest BCUT2D eigenvalue weighted by Crippen LogP contribution is 2.40. The second-order valence-electron chi connectivity index (χ2n) is 5.68. The average Bonchev–Trinajstić information content (AvgIpc) is 3.10. The fourth-order valence-electron chi connectivity index (χ4n) is 2.85. The molecule has 1 saturated carbocycles. The minimum Gasteiger partial charge on any atom is -0.352 e. The lowest BCUT2D eigenvalue weighted by atomic mass is 10.2. The van der Waals surface area contributed by atoms with E-state index in [1.807, 2.05) is 35.2 Å². The van der Waals surface area contributed by atoms with Gasteiger partial charge in [-0.25, -0.2) is 0 Å². The molecule has 2 fully saturated rings. The van der Waals surface area contributed by atoms with Crippen molar-refractivity contribution in [3.8, 4) is 0 Å². The number of hydrogen-bond acceptors (Lipinski definition) is 2. The minimum absolute atomic E-state index is 0.0198. The van der Waals surface area contributed by atoms with Gasteiger partial charge in [0.2, 0.25) is 11.8 Å². The molecule has 2 atom stereocenters. The van der Waals surface area contributed by atoms with Crippen LogP contribution in [0.25, 0.3) is 0 Å². The van der Waals surface area contributed by atoms with Gasteiger partial charge in [0.05, 0.1) is 11.8 Å². The molecule has 2 amide bonds. The van der Waals surface area contributed by atoms with Gasteiger partial charge in [-0.3, -0.25) is 9.59 Å². The maximum Gasteiger partial charge on any atom is 0.226 e. The highest BCUT2D eigenvalue weighted by molar-refractivity contribution is 5.92. The molecule has 1 aromatic rings. The van der Waals surface area contributed by atoms with Crippen molar-refractivity contribution in [2.24, 2.45) is 11.8 Å². The van der Waals surface area contributed by atoms with E-state index in [2.05, 4.69) is 5.32 Å². The summed E-state index contributed by atoms with van der Waals surface area (Å²) in [5.41, 5.74) is 1.09. The molecule has 1 aliphatic carbocycles. The van der Waals surface area contributed by atoms with Gasteiger partial charge in [0.25, 0.3) is 0 Å². The first-order valence-electron chi connectivity index (χ1n) is 7.36. The molecule has 0 spiro atoms. The van der Waals surface area contributed by atoms with E-state index in [4.69, 9.17) is 0 Å². The van der Waals surface area contributed by atoms with Crippen molar-refractivity contribution in [1.29, 1.82) is 0 Å². The number of nitrogens with one attached hydrogen (secondary N) is 1. The number of likely N-dealkylation sites (tertiary alicyclic amines) is 1. The monoisotopic (exact) mass is 272 g/mol. The molecular formula is C16H20N2O2. The van der Waals surface area contributed by atoms with Gasteiger partial charge in [-0.1, -0.05) is 30.3 Å². The smallest absolute Gasteiger partial charge is 0.226 e. The summed E-state index contributed by atoms with van der Waals surface area (Å²) in [6.07, 6.45) is 2.92. The number of nitrogens with zero attached hydrogens (tertiary/aromatic N) is 1. The topological polar surface area (TPSA) is 49.4 Å². The first kappa shape index (κ1) is 13.2. The molecule has 2 aliphatic rings. The van der Waals surface area contributed by atoms with Crippen molar-refractivity contribution in [3.63, 3.8) is 0 Å². The predicted octanol–water partition coefficient (Wildman–Crippen LogP) is 1.56. The lowest BCUT2D eigenvalue weighted by molar-refractivity contribution is -0.133. The van der Waals surface area contributed by atoms with Crippen LogP contribution in [-0.2, 0) is 16.1 Å². The molecule has 2 unspecified atom stereocenters. The molecule has 1 aromatic carbocycles. The van der Waals surface area contributed by atoms with Crippen LogP contribution < -0.4 is 5.32 Å². The van der Waals surface area contributed by atoms with Crippen molar-refractivity contribution in [3.05, 3.63) is 35.9 Å². The van der Waals surface area contributed by atoms with Crippen molar-refractivity contribution in [2.75, 3.05) is 13.1 Å². The molecule has 0 radical (unpaired) electrons. The van der Waals surface area contributed by atoms with Crippen molar-refractivity contribution < 1.29 is 9.59 Å². The normalized spacial score (nSPS) is 24.5. The van der Waals surface area contributed by atoms with Crippen LogP contribution in [-0.4, -0.2) is 29.8 Å². The Bertz CT molecular complexity index is 494. The number of amides is 2. The zero-order valence-electron chi connectivity index (χ0n) is 11.5. The highest BCUT2D eigenvalue weighted by atomic mass is 16.2. The predicted molar refractivity (Wildman–Crippen MR) is 75.7 cm³/mol. The summed E-state index contributed by atoms with van der Waals surface area (Å²) in [4.78, 5) is 26.1. The quantitative estimate of drug-likeness (QED) is 0.904. The average molecular weight is 272 g/mol. The van der Waals surface area contributed by atoms with Crippen LogP contribution in [0.4, 0.5) is 0 Å². The Kier molecular flexibility index (Phi) is 3.72. The van der Waals surface area contributed by atoms with Gasteiger partial charge < -0.3 is 10.2 Å². The molecule has 0 aromatic heterocycles. The Labute approximate surface area is 119 Å². The second-order valence-corrected chi connectivity index (χ2v) is 5.68. The lowest BCUT2D eigenvalue weighted by Crippen LogP contribution is -2.32. The Morgan fingerprint density at radius 3 is 2.50 bits per heavy atom. The molecule has 1 aliphatic heterocycles. The SMILES string of the molecule is O=C(NCc1ccccc1)C1CC1C(=O)N1CCCC1. The van der Waals surface area contributed by atoms with Crippen LogP contribution >= 0.6 is 0 Å². The van der Waals surface area contributed by atoms with E-state index in [1.165, 1.54) is 0 Å². The van der Waals surface area contributed by atoms with E-state index in [-0.39, 0.29) is 23.7 Å². The number of rotatable bonds is 4. The van der Waals surface area contributed by atoms with Gasteiger partial charge in [-0.05, 0) is 24.8 Å². The van der Waals surface area contributed by atoms with Crippen LogP contribution in [0.5, 0.6) is 0 Å². The van der Waals surface area contributed by atoms with Crippen LogP contribution in [0.3, 0.4) is 0 Å². The van der Waals surface area contributed by atoms with Crippen LogP contribution in [0.15, 0.2) is 30.3 Å². The summed E-state index contributed by atoms with van der Waals surface area (Å²) in [6, 6.07) is 9.84. The third-order valence-corrected chi connectivity index (χ3v) is 4.17. The van der Waals surface area contributed by atoms with E-state index in [0.717, 1.165) is 37.9 Å². The van der Waals surface area contributed by atoms with Crippen molar-refractivity contribution in [2.45, 2.75) is 25.8 Å². The van der Waals surface area contributed by atoms with E-state index in [0.29, 0.717) is 6.54 Å². The third-order valence-electron chi connectivity index (χ3n) is 4.17. The summed E-state index contributed by atoms with van der Waals surface area (Å²) < 4.78 is 0. The molecular weight excluding hydrogens is 252 g/mol. The van der Waals surface area contributed by atoms with E-state index in [1.54, 1.807) is 0 Å². The lowest BCUT2D eigenvalue weighted by Gasteiger charge is -2.14. The highest BCUT2D eigenvalue weighted by Gasteiger charge is 2.49. The molecule has 106 valence electrons. The van der Waals surface area contributed by atoms with Gasteiger partial charge in [-0.15, -0.1) is 0 Å². The fraction of sp³-hybridized carbons (Fsp3) is 0.500. The first-order chi connectivity index (χ1) is 9.75. The van der Waals surface area contributed by atoms with E-state index in [9.17, 15) is 9.59 Å². The molecule has 4 heteroatoms. The van der Waals surface area contributed by atoms with E-state index < -0.39 is 0 Å². The summed E-state index contributed by atoms with van der Waals surface area (Å²) in [7, 11) is 0. The van der Waals surface area contributed by atoms with Crippen LogP contribution in [0, 0.1) is 11.8 Å². The Morgan fingerprint density at radius 1 is 1.10 bits per heavy atom. The Hall–Kier alpha value is -1.84. The van der Waals surface area contributed by atoms with Gasteiger partial charge >= 0.3 is 0 Å². The first-order valence-corrected chi connectivity index (χ1v) is 7.36. The van der Waals surface area contributed by atoms with Gasteiger partial charge in [0, 0.05) is 19.6 Å². The van der Waals surface area contributed by atoms with Crippen molar-refractivity contribution in [1.82, 2.24) is 10.2 Å². The van der Waals surface area contributed by atoms with Crippen LogP contribution in [0.2, 0.25) is 0 Å². The molecule has 1 saturated heterocycles. The van der Waals surface area contributed by atoms with Crippen LogP contribution in [0.1, 0.15) is 24.8 Å². The summed E-state index contributed by atoms with van der Waals surface area (Å²) in [6.45, 7) is 2.28.